The summed E-state index contributed by atoms with van der Waals surface area (Å²) in [5.74, 6) is 0.565. The summed E-state index contributed by atoms with van der Waals surface area (Å²) in [4.78, 5) is 10.5. The van der Waals surface area contributed by atoms with E-state index in [2.05, 4.69) is 15.5 Å². The smallest absolute Gasteiger partial charge is 0.222 e. The van der Waals surface area contributed by atoms with Gasteiger partial charge in [-0.05, 0) is 12.1 Å². The summed E-state index contributed by atoms with van der Waals surface area (Å²) in [7, 11) is 0. The lowest BCUT2D eigenvalue weighted by Gasteiger charge is -1.97. The predicted molar refractivity (Wildman–Crippen MR) is 40.7 cm³/mol. The van der Waals surface area contributed by atoms with Crippen molar-refractivity contribution in [3.8, 4) is 0 Å². The summed E-state index contributed by atoms with van der Waals surface area (Å²) in [5.41, 5.74) is 5.27. The van der Waals surface area contributed by atoms with Crippen LogP contribution in [-0.4, -0.2) is 16.1 Å². The largest absolute Gasteiger partial charge is 0.382 e. The lowest BCUT2D eigenvalue weighted by Crippen LogP contribution is -2.08. The van der Waals surface area contributed by atoms with E-state index in [1.165, 1.54) is 6.92 Å². The van der Waals surface area contributed by atoms with Crippen molar-refractivity contribution in [1.29, 1.82) is 0 Å². The molecule has 1 aromatic heterocycles. The van der Waals surface area contributed by atoms with Crippen molar-refractivity contribution >= 4 is 17.5 Å². The van der Waals surface area contributed by atoms with E-state index in [9.17, 15) is 4.79 Å². The number of nitrogens with zero attached hydrogens (tertiary/aromatic N) is 2. The molecule has 0 saturated carbocycles. The average molecular weight is 152 g/mol. The minimum atomic E-state index is -0.177. The lowest BCUT2D eigenvalue weighted by atomic mass is 10.5. The Morgan fingerprint density at radius 1 is 1.55 bits per heavy atom. The Balaban J connectivity index is 2.74. The molecule has 0 aliphatic rings. The highest BCUT2D eigenvalue weighted by Gasteiger charge is 1.95. The Kier molecular flexibility index (Phi) is 2.00. The molecule has 0 aromatic carbocycles. The van der Waals surface area contributed by atoms with Crippen molar-refractivity contribution in [3.05, 3.63) is 12.1 Å². The van der Waals surface area contributed by atoms with E-state index in [-0.39, 0.29) is 5.91 Å². The fourth-order valence-corrected chi connectivity index (χ4v) is 0.590. The molecular formula is C6H8N4O. The highest BCUT2D eigenvalue weighted by Crippen LogP contribution is 2.01. The summed E-state index contributed by atoms with van der Waals surface area (Å²) in [6.07, 6.45) is 0. The fraction of sp³-hybridized carbons (Fsp3) is 0.167. The zero-order chi connectivity index (χ0) is 8.27. The Labute approximate surface area is 63.6 Å². The molecular weight excluding hydrogens is 144 g/mol. The van der Waals surface area contributed by atoms with Crippen LogP contribution in [0.4, 0.5) is 11.6 Å². The number of anilines is 2. The van der Waals surface area contributed by atoms with E-state index in [1.54, 1.807) is 12.1 Å². The van der Waals surface area contributed by atoms with Crippen molar-refractivity contribution in [1.82, 2.24) is 10.2 Å². The molecule has 0 spiro atoms. The molecule has 0 atom stereocenters. The Hall–Kier alpha value is -1.65. The number of hydrogen-bond donors (Lipinski definition) is 2. The Morgan fingerprint density at radius 2 is 2.27 bits per heavy atom. The first kappa shape index (κ1) is 7.46. The van der Waals surface area contributed by atoms with E-state index in [0.717, 1.165) is 0 Å². The molecule has 58 valence electrons. The van der Waals surface area contributed by atoms with Gasteiger partial charge in [-0.15, -0.1) is 10.2 Å². The van der Waals surface area contributed by atoms with Crippen LogP contribution in [0.1, 0.15) is 6.92 Å². The van der Waals surface area contributed by atoms with Gasteiger partial charge in [-0.1, -0.05) is 0 Å². The standard InChI is InChI=1S/C6H8N4O/c1-4(11)8-6-3-2-5(7)9-10-6/h2-3H,1H3,(H2,7,9)(H,8,10,11). The van der Waals surface area contributed by atoms with Crippen molar-refractivity contribution in [2.75, 3.05) is 11.1 Å². The summed E-state index contributed by atoms with van der Waals surface area (Å²) in [5, 5.41) is 9.62. The number of nitrogens with two attached hydrogens (primary N) is 1. The van der Waals surface area contributed by atoms with Crippen LogP contribution in [0, 0.1) is 0 Å². The van der Waals surface area contributed by atoms with Crippen LogP contribution in [-0.2, 0) is 4.79 Å². The Bertz CT molecular complexity index is 256. The van der Waals surface area contributed by atoms with E-state index in [0.29, 0.717) is 11.6 Å². The maximum atomic E-state index is 10.5. The summed E-state index contributed by atoms with van der Waals surface area (Å²) >= 11 is 0. The zero-order valence-corrected chi connectivity index (χ0v) is 6.03. The van der Waals surface area contributed by atoms with Gasteiger partial charge in [0.25, 0.3) is 0 Å². The molecule has 0 fully saturated rings. The predicted octanol–water partition coefficient (Wildman–Crippen LogP) is 0.0172. The van der Waals surface area contributed by atoms with Gasteiger partial charge in [0.15, 0.2) is 5.82 Å². The van der Waals surface area contributed by atoms with Crippen LogP contribution < -0.4 is 11.1 Å². The van der Waals surface area contributed by atoms with Crippen LogP contribution in [0.3, 0.4) is 0 Å². The fourth-order valence-electron chi connectivity index (χ4n) is 0.590. The molecule has 0 saturated heterocycles. The van der Waals surface area contributed by atoms with Crippen LogP contribution in [0.2, 0.25) is 0 Å². The monoisotopic (exact) mass is 152 g/mol. The minimum absolute atomic E-state index is 0.177. The number of hydrogen-bond acceptors (Lipinski definition) is 4. The van der Waals surface area contributed by atoms with Gasteiger partial charge in [-0.3, -0.25) is 4.79 Å². The molecule has 1 amide bonds. The van der Waals surface area contributed by atoms with Crippen LogP contribution in [0.25, 0.3) is 0 Å². The number of nitrogen functional groups attached to an aromatic ring is 1. The molecule has 5 nitrogen and oxygen atoms in total. The number of nitrogens with one attached hydrogen (secondary N) is 1. The SMILES string of the molecule is CC(=O)Nc1ccc(N)nn1. The van der Waals surface area contributed by atoms with Gasteiger partial charge in [0.05, 0.1) is 0 Å². The first-order chi connectivity index (χ1) is 5.18. The molecule has 0 unspecified atom stereocenters. The second kappa shape index (κ2) is 2.96. The molecule has 1 heterocycles. The second-order valence-electron chi connectivity index (χ2n) is 2.02. The van der Waals surface area contributed by atoms with Gasteiger partial charge >= 0.3 is 0 Å². The highest BCUT2D eigenvalue weighted by atomic mass is 16.1. The molecule has 0 aliphatic heterocycles. The van der Waals surface area contributed by atoms with Crippen molar-refractivity contribution in [2.24, 2.45) is 0 Å². The first-order valence-corrected chi connectivity index (χ1v) is 3.05. The second-order valence-corrected chi connectivity index (χ2v) is 2.02. The van der Waals surface area contributed by atoms with Gasteiger partial charge in [0.1, 0.15) is 5.82 Å². The molecule has 11 heavy (non-hydrogen) atoms. The lowest BCUT2D eigenvalue weighted by molar-refractivity contribution is -0.114. The zero-order valence-electron chi connectivity index (χ0n) is 6.03. The number of rotatable bonds is 1. The van der Waals surface area contributed by atoms with E-state index in [1.807, 2.05) is 0 Å². The number of aromatic nitrogens is 2. The molecule has 0 aliphatic carbocycles. The van der Waals surface area contributed by atoms with Crippen LogP contribution in [0.5, 0.6) is 0 Å². The number of carbonyl (C=O) groups is 1. The van der Waals surface area contributed by atoms with Gasteiger partial charge < -0.3 is 11.1 Å². The van der Waals surface area contributed by atoms with Gasteiger partial charge in [0.2, 0.25) is 5.91 Å². The number of carbonyl (C=O) groups excluding carboxylic acids is 1. The van der Waals surface area contributed by atoms with E-state index >= 15 is 0 Å². The van der Waals surface area contributed by atoms with Gasteiger partial charge in [0, 0.05) is 6.92 Å². The quantitative estimate of drug-likeness (QED) is 0.594. The first-order valence-electron chi connectivity index (χ1n) is 3.05. The minimum Gasteiger partial charge on any atom is -0.382 e. The maximum Gasteiger partial charge on any atom is 0.222 e. The third kappa shape index (κ3) is 2.21. The summed E-state index contributed by atoms with van der Waals surface area (Å²) in [6, 6.07) is 3.15. The molecule has 0 radical (unpaired) electrons. The van der Waals surface area contributed by atoms with E-state index in [4.69, 9.17) is 5.73 Å². The summed E-state index contributed by atoms with van der Waals surface area (Å²) < 4.78 is 0. The number of amides is 1. The molecule has 5 heteroatoms. The van der Waals surface area contributed by atoms with Crippen molar-refractivity contribution in [2.45, 2.75) is 6.92 Å². The van der Waals surface area contributed by atoms with Crippen LogP contribution >= 0.6 is 0 Å². The maximum absolute atomic E-state index is 10.5. The van der Waals surface area contributed by atoms with E-state index < -0.39 is 0 Å². The third-order valence-corrected chi connectivity index (χ3v) is 0.989. The molecule has 3 N–H and O–H groups in total. The highest BCUT2D eigenvalue weighted by molar-refractivity contribution is 5.87. The van der Waals surface area contributed by atoms with Crippen molar-refractivity contribution < 1.29 is 4.79 Å². The topological polar surface area (TPSA) is 80.9 Å². The average Bonchev–Trinajstić information content (AvgIpc) is 1.93. The normalized spacial score (nSPS) is 9.18. The van der Waals surface area contributed by atoms with Gasteiger partial charge in [-0.2, -0.15) is 0 Å². The molecule has 1 aromatic rings. The third-order valence-electron chi connectivity index (χ3n) is 0.989. The van der Waals surface area contributed by atoms with Crippen LogP contribution in [0.15, 0.2) is 12.1 Å². The Morgan fingerprint density at radius 3 is 2.73 bits per heavy atom. The molecule has 1 rings (SSSR count). The van der Waals surface area contributed by atoms with Crippen molar-refractivity contribution in [3.63, 3.8) is 0 Å². The van der Waals surface area contributed by atoms with Gasteiger partial charge in [-0.25, -0.2) is 0 Å². The summed E-state index contributed by atoms with van der Waals surface area (Å²) in [6.45, 7) is 1.40. The molecule has 0 bridgehead atoms.